The number of anilines is 1. The van der Waals surface area contributed by atoms with E-state index in [0.717, 1.165) is 41.6 Å². The van der Waals surface area contributed by atoms with Crippen molar-refractivity contribution in [3.05, 3.63) is 101 Å². The van der Waals surface area contributed by atoms with Crippen LogP contribution in [0.3, 0.4) is 0 Å². The van der Waals surface area contributed by atoms with Crippen LogP contribution in [0.25, 0.3) is 0 Å². The van der Waals surface area contributed by atoms with Gasteiger partial charge >= 0.3 is 11.9 Å². The zero-order valence-corrected chi connectivity index (χ0v) is 31.1. The molecule has 2 N–H and O–H groups in total. The van der Waals surface area contributed by atoms with Gasteiger partial charge in [0.2, 0.25) is 5.91 Å². The largest absolute Gasteiger partial charge is 0.458 e. The van der Waals surface area contributed by atoms with Crippen LogP contribution in [0.15, 0.2) is 72.8 Å². The van der Waals surface area contributed by atoms with Crippen LogP contribution in [0, 0.1) is 17.7 Å². The third kappa shape index (κ3) is 10.5. The maximum Gasteiger partial charge on any atom is 0.303 e. The summed E-state index contributed by atoms with van der Waals surface area (Å²) in [6, 6.07) is 21.6. The van der Waals surface area contributed by atoms with Crippen molar-refractivity contribution in [1.29, 1.82) is 0 Å². The molecule has 53 heavy (non-hydrogen) atoms. The molecule has 0 radical (unpaired) electrons. The van der Waals surface area contributed by atoms with E-state index in [-0.39, 0.29) is 56.0 Å². The summed E-state index contributed by atoms with van der Waals surface area (Å²) in [5, 5.41) is 18.8. The Bertz CT molecular complexity index is 1660. The Balaban J connectivity index is 1.34. The number of aliphatic hydroxyl groups excluding tert-OH is 2. The maximum atomic E-state index is 13.9. The molecule has 2 unspecified atom stereocenters. The number of rotatable bonds is 17. The number of aliphatic hydroxyl groups is 2. The molecule has 0 saturated carbocycles. The molecule has 2 aliphatic heterocycles. The predicted octanol–water partition coefficient (Wildman–Crippen LogP) is 6.56. The number of carbonyl (C=O) groups excluding carboxylic acids is 3. The summed E-state index contributed by atoms with van der Waals surface area (Å²) in [5.74, 6) is -2.55. The molecule has 0 bridgehead atoms. The van der Waals surface area contributed by atoms with E-state index in [2.05, 4.69) is 0 Å². The van der Waals surface area contributed by atoms with E-state index in [0.29, 0.717) is 31.2 Å². The molecule has 0 spiro atoms. The van der Waals surface area contributed by atoms with E-state index in [1.807, 2.05) is 67.3 Å². The minimum absolute atomic E-state index is 0.0372. The average Bonchev–Trinajstić information content (AvgIpc) is 3.13. The third-order valence-corrected chi connectivity index (χ3v) is 10.2. The van der Waals surface area contributed by atoms with Crippen LogP contribution in [0.2, 0.25) is 0 Å². The number of ether oxygens (including phenoxy) is 4. The molecule has 1 amide bonds. The standard InChI is InChI=1S/C42H52FNO9/c1-28(47)52-38(33-14-16-35(43)17-15-33)21-20-37-39(44(40(37)49)36-18-10-30(11-19-36)6-5-7-32(24-45)25-46)34-12-8-31(9-13-34)22-23-42(53-29(2)48)26-50-41(3,4)51-27-42/h8-19,32,37-39,45-46H,5-7,20-27H2,1-4H3/t37?,38-,39?/m0/s1. The number of aryl methyl sites for hydroxylation is 2. The van der Waals surface area contributed by atoms with Gasteiger partial charge in [-0.25, -0.2) is 4.39 Å². The molecule has 3 aromatic rings. The molecule has 286 valence electrons. The highest BCUT2D eigenvalue weighted by Crippen LogP contribution is 2.47. The molecule has 2 heterocycles. The molecular weight excluding hydrogens is 681 g/mol. The summed E-state index contributed by atoms with van der Waals surface area (Å²) < 4.78 is 36.8. The fourth-order valence-corrected chi connectivity index (χ4v) is 7.17. The molecule has 0 aromatic heterocycles. The van der Waals surface area contributed by atoms with Crippen LogP contribution in [0.1, 0.15) is 94.2 Å². The number of esters is 2. The summed E-state index contributed by atoms with van der Waals surface area (Å²) >= 11 is 0. The zero-order chi connectivity index (χ0) is 38.2. The smallest absolute Gasteiger partial charge is 0.303 e. The van der Waals surface area contributed by atoms with Crippen LogP contribution in [0.5, 0.6) is 0 Å². The van der Waals surface area contributed by atoms with Gasteiger partial charge in [0.05, 0.1) is 25.2 Å². The lowest BCUT2D eigenvalue weighted by Crippen LogP contribution is -2.55. The molecule has 0 aliphatic carbocycles. The highest BCUT2D eigenvalue weighted by Gasteiger charge is 2.49. The lowest BCUT2D eigenvalue weighted by Gasteiger charge is -2.48. The number of carbonyl (C=O) groups is 3. The number of benzene rings is 3. The number of nitrogens with zero attached hydrogens (tertiary/aromatic N) is 1. The first-order valence-electron chi connectivity index (χ1n) is 18.4. The summed E-state index contributed by atoms with van der Waals surface area (Å²) in [7, 11) is 0. The van der Waals surface area contributed by atoms with E-state index in [1.54, 1.807) is 12.1 Å². The first kappa shape index (κ1) is 40.0. The Labute approximate surface area is 311 Å². The van der Waals surface area contributed by atoms with E-state index in [9.17, 15) is 29.0 Å². The van der Waals surface area contributed by atoms with E-state index in [1.165, 1.54) is 26.0 Å². The van der Waals surface area contributed by atoms with E-state index in [4.69, 9.17) is 18.9 Å². The fourth-order valence-electron chi connectivity index (χ4n) is 7.17. The number of amides is 1. The topological polar surface area (TPSA) is 132 Å². The Morgan fingerprint density at radius 1 is 0.868 bits per heavy atom. The average molecular weight is 734 g/mol. The van der Waals surface area contributed by atoms with Gasteiger partial charge in [0.1, 0.15) is 11.9 Å². The number of β-lactam (4-membered cyclic amide) rings is 1. The highest BCUT2D eigenvalue weighted by atomic mass is 19.1. The normalized spacial score (nSPS) is 19.8. The molecule has 2 saturated heterocycles. The third-order valence-electron chi connectivity index (χ3n) is 10.2. The number of hydrogen-bond donors (Lipinski definition) is 2. The predicted molar refractivity (Wildman–Crippen MR) is 196 cm³/mol. The van der Waals surface area contributed by atoms with Gasteiger partial charge in [-0.3, -0.25) is 14.4 Å². The van der Waals surface area contributed by atoms with Crippen LogP contribution < -0.4 is 4.90 Å². The first-order valence-corrected chi connectivity index (χ1v) is 18.4. The van der Waals surface area contributed by atoms with Gasteiger partial charge in [0.15, 0.2) is 11.4 Å². The minimum atomic E-state index is -0.892. The zero-order valence-electron chi connectivity index (χ0n) is 31.1. The van der Waals surface area contributed by atoms with Gasteiger partial charge in [-0.15, -0.1) is 0 Å². The molecule has 2 fully saturated rings. The second kappa shape index (κ2) is 17.8. The lowest BCUT2D eigenvalue weighted by molar-refractivity contribution is -0.305. The van der Waals surface area contributed by atoms with Gasteiger partial charge in [-0.05, 0) is 105 Å². The highest BCUT2D eigenvalue weighted by molar-refractivity contribution is 6.03. The first-order chi connectivity index (χ1) is 25.3. The molecule has 10 nitrogen and oxygen atoms in total. The summed E-state index contributed by atoms with van der Waals surface area (Å²) in [6.45, 7) is 6.75. The van der Waals surface area contributed by atoms with Crippen LogP contribution >= 0.6 is 0 Å². The van der Waals surface area contributed by atoms with Crippen molar-refractivity contribution in [2.75, 3.05) is 31.3 Å². The Hall–Kier alpha value is -4.16. The molecule has 3 atom stereocenters. The van der Waals surface area contributed by atoms with Crippen molar-refractivity contribution in [2.45, 2.75) is 96.2 Å². The summed E-state index contributed by atoms with van der Waals surface area (Å²) in [6.07, 6.45) is 3.63. The van der Waals surface area contributed by atoms with Gasteiger partial charge < -0.3 is 34.1 Å². The lowest BCUT2D eigenvalue weighted by atomic mass is 9.78. The maximum absolute atomic E-state index is 13.9. The van der Waals surface area contributed by atoms with Gasteiger partial charge in [-0.2, -0.15) is 0 Å². The monoisotopic (exact) mass is 733 g/mol. The number of halogens is 1. The van der Waals surface area contributed by atoms with E-state index < -0.39 is 29.4 Å². The van der Waals surface area contributed by atoms with Gasteiger partial charge in [0.25, 0.3) is 0 Å². The molecular formula is C42H52FNO9. The van der Waals surface area contributed by atoms with Crippen molar-refractivity contribution >= 4 is 23.5 Å². The Morgan fingerprint density at radius 2 is 1.47 bits per heavy atom. The SMILES string of the molecule is CC(=O)O[C@@H](CCC1C(=O)N(c2ccc(CCCC(CO)CO)cc2)C1c1ccc(CCC2(OC(C)=O)COC(C)(C)OC2)cc1)c1ccc(F)cc1. The van der Waals surface area contributed by atoms with Gasteiger partial charge in [0, 0.05) is 38.7 Å². The van der Waals surface area contributed by atoms with Crippen LogP contribution in [0.4, 0.5) is 10.1 Å². The van der Waals surface area contributed by atoms with Gasteiger partial charge in [-0.1, -0.05) is 48.5 Å². The molecule has 2 aliphatic rings. The van der Waals surface area contributed by atoms with Crippen molar-refractivity contribution in [2.24, 2.45) is 11.8 Å². The van der Waals surface area contributed by atoms with Crippen LogP contribution in [-0.2, 0) is 46.2 Å². The van der Waals surface area contributed by atoms with Crippen molar-refractivity contribution in [3.63, 3.8) is 0 Å². The summed E-state index contributed by atoms with van der Waals surface area (Å²) in [4.78, 5) is 39.7. The minimum Gasteiger partial charge on any atom is -0.458 e. The summed E-state index contributed by atoms with van der Waals surface area (Å²) in [5.41, 5.74) is 3.62. The quantitative estimate of drug-likeness (QED) is 0.117. The Morgan fingerprint density at radius 3 is 2.06 bits per heavy atom. The fraction of sp³-hybridized carbons (Fsp3) is 0.500. The van der Waals surface area contributed by atoms with Crippen molar-refractivity contribution in [3.8, 4) is 0 Å². The van der Waals surface area contributed by atoms with Crippen molar-refractivity contribution < 1.29 is 47.9 Å². The molecule has 11 heteroatoms. The molecule has 5 rings (SSSR count). The second-order valence-electron chi connectivity index (χ2n) is 14.8. The number of hydrogen-bond acceptors (Lipinski definition) is 9. The van der Waals surface area contributed by atoms with Crippen molar-refractivity contribution in [1.82, 2.24) is 0 Å². The van der Waals surface area contributed by atoms with Crippen LogP contribution in [-0.4, -0.2) is 65.9 Å². The Kier molecular flexibility index (Phi) is 13.4. The van der Waals surface area contributed by atoms with E-state index >= 15 is 0 Å². The molecule has 3 aromatic carbocycles. The second-order valence-corrected chi connectivity index (χ2v) is 14.8.